The lowest BCUT2D eigenvalue weighted by Gasteiger charge is -2.53. The summed E-state index contributed by atoms with van der Waals surface area (Å²) in [7, 11) is 2.92. The molecule has 7 N–H and O–H groups in total. The van der Waals surface area contributed by atoms with Crippen LogP contribution in [0.2, 0.25) is 0 Å². The molecule has 1 aromatic rings. The number of ketones is 2. The zero-order chi connectivity index (χ0) is 23.9. The molecule has 3 aliphatic carbocycles. The molecule has 0 aliphatic heterocycles. The summed E-state index contributed by atoms with van der Waals surface area (Å²) in [6, 6.07) is 3.13. The first-order valence-electron chi connectivity index (χ1n) is 10.0. The number of phenolic OH excluding ortho intramolecular Hbond substituents is 1. The molecule has 10 nitrogen and oxygen atoms in total. The molecule has 6 atom stereocenters. The number of aliphatic hydroxyl groups is 4. The predicted molar refractivity (Wildman–Crippen MR) is 131 cm³/mol. The van der Waals surface area contributed by atoms with Gasteiger partial charge in [0.05, 0.1) is 23.6 Å². The van der Waals surface area contributed by atoms with Gasteiger partial charge in [0.15, 0.2) is 11.4 Å². The van der Waals surface area contributed by atoms with Crippen LogP contribution in [0.5, 0.6) is 5.75 Å². The maximum atomic E-state index is 13.7. The number of carbonyl (C=O) groups is 3. The maximum absolute atomic E-state index is 13.7. The number of amides is 1. The van der Waals surface area contributed by atoms with Crippen LogP contribution >= 0.6 is 12.4 Å². The number of hydrogen-bond donors (Lipinski definition) is 6. The number of halogens is 1. The number of hydrogen-bond acceptors (Lipinski definition) is 9. The van der Waals surface area contributed by atoms with Gasteiger partial charge in [-0.1, -0.05) is 33.9 Å². The second kappa shape index (κ2) is 9.62. The Bertz CT molecular complexity index is 1140. The van der Waals surface area contributed by atoms with E-state index < -0.39 is 75.6 Å². The molecule has 0 spiro atoms. The first-order chi connectivity index (χ1) is 14.9. The molecule has 1 aromatic carbocycles. The minimum Gasteiger partial charge on any atom is -0.508 e. The number of phenols is 1. The summed E-state index contributed by atoms with van der Waals surface area (Å²) in [6.45, 7) is 1.68. The van der Waals surface area contributed by atoms with Gasteiger partial charge in [0, 0.05) is 11.5 Å². The Labute approximate surface area is 209 Å². The summed E-state index contributed by atoms with van der Waals surface area (Å²) in [5, 5.41) is 54.9. The summed E-state index contributed by atoms with van der Waals surface area (Å²) >= 11 is 0. The average Bonchev–Trinajstić information content (AvgIpc) is 2.70. The Morgan fingerprint density at radius 3 is 2.20 bits per heavy atom. The lowest BCUT2D eigenvalue weighted by Crippen LogP contribution is -2.70. The fourth-order valence-corrected chi connectivity index (χ4v) is 5.58. The van der Waals surface area contributed by atoms with Gasteiger partial charge >= 0.3 is 0 Å². The Hall–Kier alpha value is -2.92. The van der Waals surface area contributed by atoms with Crippen molar-refractivity contribution in [1.29, 1.82) is 0 Å². The van der Waals surface area contributed by atoms with E-state index in [4.69, 9.17) is 5.73 Å². The Kier molecular flexibility index (Phi) is 8.27. The number of carbonyl (C=O) groups excluding carboxylic acids is 3. The number of nitrogens with zero attached hydrogens (tertiary/aromatic N) is 1. The Morgan fingerprint density at radius 2 is 1.69 bits per heavy atom. The molecule has 0 aromatic heterocycles. The topological polar surface area (TPSA) is 182 Å². The van der Waals surface area contributed by atoms with Gasteiger partial charge in [-0.3, -0.25) is 19.3 Å². The van der Waals surface area contributed by atoms with Crippen molar-refractivity contribution in [2.24, 2.45) is 17.6 Å². The summed E-state index contributed by atoms with van der Waals surface area (Å²) in [4.78, 5) is 40.0. The van der Waals surface area contributed by atoms with Crippen molar-refractivity contribution in [3.8, 4) is 5.75 Å². The normalized spacial score (nSPS) is 31.4. The van der Waals surface area contributed by atoms with Gasteiger partial charge in [0.2, 0.25) is 5.78 Å². The van der Waals surface area contributed by atoms with E-state index in [1.165, 1.54) is 25.1 Å². The van der Waals surface area contributed by atoms with E-state index in [0.29, 0.717) is 5.56 Å². The highest BCUT2D eigenvalue weighted by atomic mass is 35.5. The second-order valence-corrected chi connectivity index (χ2v) is 8.79. The molecule has 0 radical (unpaired) electrons. The third-order valence-corrected chi connectivity index (χ3v) is 6.99. The Morgan fingerprint density at radius 1 is 1.11 bits per heavy atom. The molecule has 3 aliphatic rings. The van der Waals surface area contributed by atoms with Crippen molar-refractivity contribution in [3.05, 3.63) is 46.2 Å². The number of fused-ring (bicyclic) bond motifs is 3. The number of rotatable bonds is 2. The number of benzene rings is 1. The predicted octanol–water partition coefficient (Wildman–Crippen LogP) is 1.19. The minimum absolute atomic E-state index is 0. The van der Waals surface area contributed by atoms with Crippen LogP contribution in [0.4, 0.5) is 0 Å². The largest absolute Gasteiger partial charge is 0.508 e. The van der Waals surface area contributed by atoms with Crippen LogP contribution < -0.4 is 5.73 Å². The summed E-state index contributed by atoms with van der Waals surface area (Å²) in [5.74, 6) is -8.87. The number of aromatic hydroxyl groups is 1. The molecular weight excluding hydrogens is 480 g/mol. The van der Waals surface area contributed by atoms with Crippen molar-refractivity contribution in [2.45, 2.75) is 45.4 Å². The van der Waals surface area contributed by atoms with E-state index in [9.17, 15) is 39.9 Å². The van der Waals surface area contributed by atoms with Crippen molar-refractivity contribution in [1.82, 2.24) is 4.90 Å². The number of Topliss-reactive ketones (excluding diaryl/α,β-unsaturated/α-hetero) is 2. The lowest BCUT2D eigenvalue weighted by atomic mass is 9.54. The molecule has 0 heterocycles. The zero-order valence-electron chi connectivity index (χ0n) is 18.0. The molecule has 0 bridgehead atoms. The summed E-state index contributed by atoms with van der Waals surface area (Å²) in [6.07, 6.45) is -1.59. The minimum atomic E-state index is -2.89. The third-order valence-electron chi connectivity index (χ3n) is 6.99. The zero-order valence-corrected chi connectivity index (χ0v) is 18.8. The average molecular weight is 513 g/mol. The Balaban J connectivity index is 0.00000204. The van der Waals surface area contributed by atoms with Crippen LogP contribution in [0.1, 0.15) is 38.8 Å². The molecule has 11 heteroatoms. The fourth-order valence-electron chi connectivity index (χ4n) is 5.58. The second-order valence-electron chi connectivity index (χ2n) is 8.79. The standard InChI is InChI=1S/C22H24N2O8.2CH4.ClH/c1-7-8-5-4-6-9(25)11(8)16(26)12-10(7)17(27)14-15(24(2)3)18(28)13(21(23)31)20(30)22(14,32)19(12)29;;;/h4-7,10,14-15,17,25-27,30,32H,1-3H3,(H2,23,31);2*1H4;1H/t7-,10+,14+,15-,17-,22-;;;/m0.../s1. The first-order valence-corrected chi connectivity index (χ1v) is 10.0. The highest BCUT2D eigenvalue weighted by Gasteiger charge is 2.68. The van der Waals surface area contributed by atoms with E-state index in [1.807, 2.05) is 0 Å². The van der Waals surface area contributed by atoms with Crippen LogP contribution in [-0.2, 0) is 14.4 Å². The van der Waals surface area contributed by atoms with Gasteiger partial charge < -0.3 is 31.3 Å². The lowest BCUT2D eigenvalue weighted by molar-refractivity contribution is -0.169. The van der Waals surface area contributed by atoms with E-state index in [-0.39, 0.29) is 38.6 Å². The van der Waals surface area contributed by atoms with Gasteiger partial charge in [-0.25, -0.2) is 0 Å². The van der Waals surface area contributed by atoms with Gasteiger partial charge in [-0.15, -0.1) is 12.4 Å². The van der Waals surface area contributed by atoms with Crippen LogP contribution in [-0.4, -0.2) is 79.7 Å². The van der Waals surface area contributed by atoms with Gasteiger partial charge in [0.1, 0.15) is 22.8 Å². The smallest absolute Gasteiger partial charge is 0.255 e. The molecule has 194 valence electrons. The van der Waals surface area contributed by atoms with Gasteiger partial charge in [-0.2, -0.15) is 0 Å². The molecular formula is C24H33ClN2O8. The van der Waals surface area contributed by atoms with Crippen molar-refractivity contribution in [2.75, 3.05) is 14.1 Å². The van der Waals surface area contributed by atoms with Crippen LogP contribution in [0.15, 0.2) is 35.1 Å². The van der Waals surface area contributed by atoms with E-state index in [0.717, 1.165) is 0 Å². The number of primary amides is 1. The number of nitrogens with two attached hydrogens (primary N) is 1. The highest BCUT2D eigenvalue weighted by Crippen LogP contribution is 2.55. The van der Waals surface area contributed by atoms with E-state index in [1.54, 1.807) is 19.1 Å². The fraction of sp³-hybridized carbons (Fsp3) is 0.458. The number of likely N-dealkylation sites (N-methyl/N-ethyl adjacent to an activating group) is 1. The van der Waals surface area contributed by atoms with Crippen molar-refractivity contribution < 1.29 is 39.9 Å². The van der Waals surface area contributed by atoms with Crippen molar-refractivity contribution in [3.63, 3.8) is 0 Å². The SMILES string of the molecule is C.C.C[C@H]1c2cccc(O)c2C(O)=C2C(=O)[C@]3(O)C(O)=C(C(N)=O)C(=O)[C@@H](N(C)C)[C@@H]3[C@@H](O)[C@@H]21.Cl. The monoisotopic (exact) mass is 512 g/mol. The number of aliphatic hydroxyl groups excluding tert-OH is 3. The first kappa shape index (κ1) is 30.1. The third kappa shape index (κ3) is 3.63. The molecule has 4 rings (SSSR count). The van der Waals surface area contributed by atoms with Crippen molar-refractivity contribution >= 4 is 35.6 Å². The maximum Gasteiger partial charge on any atom is 0.255 e. The molecule has 1 saturated carbocycles. The molecule has 0 saturated heterocycles. The van der Waals surface area contributed by atoms with Gasteiger partial charge in [0.25, 0.3) is 5.91 Å². The van der Waals surface area contributed by atoms with Gasteiger partial charge in [-0.05, 0) is 31.6 Å². The van der Waals surface area contributed by atoms with Crippen LogP contribution in [0.3, 0.4) is 0 Å². The van der Waals surface area contributed by atoms with Crippen LogP contribution in [0.25, 0.3) is 5.76 Å². The quantitative estimate of drug-likeness (QED) is 0.317. The van der Waals surface area contributed by atoms with E-state index in [2.05, 4.69) is 0 Å². The molecule has 1 amide bonds. The molecule has 35 heavy (non-hydrogen) atoms. The van der Waals surface area contributed by atoms with Crippen LogP contribution in [0, 0.1) is 11.8 Å². The molecule has 1 fully saturated rings. The van der Waals surface area contributed by atoms with E-state index >= 15 is 0 Å². The summed E-state index contributed by atoms with van der Waals surface area (Å²) in [5.41, 5.74) is 1.47. The molecule has 0 unspecified atom stereocenters. The highest BCUT2D eigenvalue weighted by molar-refractivity contribution is 6.24. The summed E-state index contributed by atoms with van der Waals surface area (Å²) < 4.78 is 0.